The molecule has 0 N–H and O–H groups in total. The molecular weight excluding hydrogens is 413 g/mol. The average Bonchev–Trinajstić information content (AvgIpc) is 3.42. The first-order valence-electron chi connectivity index (χ1n) is 8.88. The highest BCUT2D eigenvalue weighted by molar-refractivity contribution is 8.00. The number of hydrogen-bond acceptors (Lipinski definition) is 7. The highest BCUT2D eigenvalue weighted by atomic mass is 32.2. The van der Waals surface area contributed by atoms with Crippen LogP contribution in [0.2, 0.25) is 0 Å². The molecule has 0 spiro atoms. The lowest BCUT2D eigenvalue weighted by molar-refractivity contribution is -0.128. The Morgan fingerprint density at radius 3 is 2.83 bits per heavy atom. The summed E-state index contributed by atoms with van der Waals surface area (Å²) in [6.45, 7) is 0.590. The number of ether oxygens (including phenoxy) is 1. The lowest BCUT2D eigenvalue weighted by Crippen LogP contribution is -2.32. The number of halogens is 1. The van der Waals surface area contributed by atoms with Crippen LogP contribution < -0.4 is 4.74 Å². The number of carbonyl (C=O) groups is 1. The number of hydrogen-bond donors (Lipinski definition) is 0. The van der Waals surface area contributed by atoms with Crippen molar-refractivity contribution in [2.45, 2.75) is 10.5 Å². The van der Waals surface area contributed by atoms with E-state index in [1.807, 2.05) is 24.3 Å². The number of nitrogens with zero attached hydrogens (tertiary/aromatic N) is 5. The number of amides is 1. The van der Waals surface area contributed by atoms with Gasteiger partial charge in [-0.3, -0.25) is 4.79 Å². The van der Waals surface area contributed by atoms with Crippen molar-refractivity contribution in [2.24, 2.45) is 0 Å². The fourth-order valence-electron chi connectivity index (χ4n) is 3.02. The third-order valence-corrected chi connectivity index (χ3v) is 6.61. The minimum absolute atomic E-state index is 0.0717. The second-order valence-corrected chi connectivity index (χ2v) is 8.32. The van der Waals surface area contributed by atoms with Crippen LogP contribution in [0.3, 0.4) is 0 Å². The molecule has 3 aromatic rings. The molecule has 2 aromatic carbocycles. The zero-order valence-corrected chi connectivity index (χ0v) is 17.2. The second-order valence-electron chi connectivity index (χ2n) is 6.19. The van der Waals surface area contributed by atoms with Crippen molar-refractivity contribution in [2.75, 3.05) is 25.2 Å². The summed E-state index contributed by atoms with van der Waals surface area (Å²) in [6, 6.07) is 13.9. The lowest BCUT2D eigenvalue weighted by Gasteiger charge is -2.24. The predicted molar refractivity (Wildman–Crippen MR) is 110 cm³/mol. The summed E-state index contributed by atoms with van der Waals surface area (Å²) in [5.41, 5.74) is 1.31. The van der Waals surface area contributed by atoms with E-state index in [4.69, 9.17) is 4.74 Å². The first-order chi connectivity index (χ1) is 14.2. The van der Waals surface area contributed by atoms with Gasteiger partial charge in [-0.2, -0.15) is 4.68 Å². The van der Waals surface area contributed by atoms with E-state index in [1.54, 1.807) is 46.7 Å². The van der Waals surface area contributed by atoms with Crippen molar-refractivity contribution in [3.63, 3.8) is 0 Å². The summed E-state index contributed by atoms with van der Waals surface area (Å²) in [5, 5.41) is 12.0. The van der Waals surface area contributed by atoms with Crippen molar-refractivity contribution in [3.8, 4) is 11.4 Å². The fraction of sp³-hybridized carbons (Fsp3) is 0.263. The molecule has 150 valence electrons. The summed E-state index contributed by atoms with van der Waals surface area (Å²) < 4.78 is 20.9. The Balaban J connectivity index is 1.45. The topological polar surface area (TPSA) is 73.1 Å². The molecule has 10 heteroatoms. The molecule has 1 aromatic heterocycles. The molecule has 2 heterocycles. The van der Waals surface area contributed by atoms with Gasteiger partial charge in [0.2, 0.25) is 11.1 Å². The van der Waals surface area contributed by atoms with E-state index in [-0.39, 0.29) is 22.9 Å². The maximum Gasteiger partial charge on any atom is 0.234 e. The number of rotatable bonds is 6. The van der Waals surface area contributed by atoms with Gasteiger partial charge >= 0.3 is 0 Å². The van der Waals surface area contributed by atoms with E-state index in [2.05, 4.69) is 15.5 Å². The van der Waals surface area contributed by atoms with Crippen LogP contribution >= 0.6 is 23.5 Å². The number of carbonyl (C=O) groups excluding carboxylic acids is 1. The molecule has 1 atom stereocenters. The second kappa shape index (κ2) is 8.83. The van der Waals surface area contributed by atoms with Gasteiger partial charge < -0.3 is 9.64 Å². The molecule has 1 aliphatic rings. The van der Waals surface area contributed by atoms with Gasteiger partial charge in [0.15, 0.2) is 0 Å². The highest BCUT2D eigenvalue weighted by Gasteiger charge is 2.32. The Labute approximate surface area is 175 Å². The molecule has 0 saturated carbocycles. The summed E-state index contributed by atoms with van der Waals surface area (Å²) >= 11 is 2.83. The van der Waals surface area contributed by atoms with Gasteiger partial charge in [0.25, 0.3) is 0 Å². The van der Waals surface area contributed by atoms with Crippen LogP contribution in [0.1, 0.15) is 10.9 Å². The van der Waals surface area contributed by atoms with Crippen LogP contribution in [-0.4, -0.2) is 56.2 Å². The van der Waals surface area contributed by atoms with E-state index < -0.39 is 0 Å². The third kappa shape index (κ3) is 4.23. The number of tetrazole rings is 1. The van der Waals surface area contributed by atoms with Gasteiger partial charge in [0.05, 0.1) is 18.6 Å². The third-order valence-electron chi connectivity index (χ3n) is 4.47. The molecule has 29 heavy (non-hydrogen) atoms. The maximum atomic E-state index is 14.2. The van der Waals surface area contributed by atoms with Crippen molar-refractivity contribution < 1.29 is 13.9 Å². The van der Waals surface area contributed by atoms with Crippen LogP contribution in [0, 0.1) is 5.82 Å². The standard InChI is InChI=1S/C19H18FN5O2S2/c1-27-14-8-6-13(7-9-14)25-19(21-22-23-25)29-12-17(26)24-10-11-28-18(24)15-4-2-3-5-16(15)20/h2-9,18H,10-12H2,1H3/t18-/m1/s1. The number of thioether (sulfide) groups is 2. The van der Waals surface area contributed by atoms with Crippen LogP contribution in [0.5, 0.6) is 5.75 Å². The van der Waals surface area contributed by atoms with Crippen molar-refractivity contribution in [1.82, 2.24) is 25.1 Å². The monoisotopic (exact) mass is 431 g/mol. The molecule has 0 radical (unpaired) electrons. The molecule has 0 unspecified atom stereocenters. The Morgan fingerprint density at radius 2 is 2.07 bits per heavy atom. The molecule has 1 aliphatic heterocycles. The quantitative estimate of drug-likeness (QED) is 0.555. The SMILES string of the molecule is COc1ccc(-n2nnnc2SCC(=O)N2CCS[C@@H]2c2ccccc2F)cc1. The average molecular weight is 432 g/mol. The van der Waals surface area contributed by atoms with Crippen LogP contribution in [0.4, 0.5) is 4.39 Å². The molecule has 4 rings (SSSR count). The summed E-state index contributed by atoms with van der Waals surface area (Å²) in [4.78, 5) is 14.6. The molecule has 1 saturated heterocycles. The number of benzene rings is 2. The van der Waals surface area contributed by atoms with E-state index >= 15 is 0 Å². The maximum absolute atomic E-state index is 14.2. The summed E-state index contributed by atoms with van der Waals surface area (Å²) in [6.07, 6.45) is 0. The van der Waals surface area contributed by atoms with Crippen LogP contribution in [0.15, 0.2) is 53.7 Å². The molecule has 1 amide bonds. The molecule has 0 bridgehead atoms. The van der Waals surface area contributed by atoms with Gasteiger partial charge in [-0.15, -0.1) is 16.9 Å². The first kappa shape index (κ1) is 19.7. The van der Waals surface area contributed by atoms with Gasteiger partial charge in [-0.1, -0.05) is 30.0 Å². The van der Waals surface area contributed by atoms with Gasteiger partial charge in [-0.25, -0.2) is 4.39 Å². The minimum atomic E-state index is -0.304. The van der Waals surface area contributed by atoms with Crippen LogP contribution in [-0.2, 0) is 4.79 Å². The van der Waals surface area contributed by atoms with Crippen molar-refractivity contribution in [3.05, 3.63) is 59.9 Å². The predicted octanol–water partition coefficient (Wildman–Crippen LogP) is 3.18. The summed E-state index contributed by atoms with van der Waals surface area (Å²) in [5.74, 6) is 1.32. The van der Waals surface area contributed by atoms with Gasteiger partial charge in [0, 0.05) is 17.9 Å². The minimum Gasteiger partial charge on any atom is -0.497 e. The largest absolute Gasteiger partial charge is 0.497 e. The zero-order valence-electron chi connectivity index (χ0n) is 15.6. The number of aromatic nitrogens is 4. The van der Waals surface area contributed by atoms with Gasteiger partial charge in [-0.05, 0) is 40.8 Å². The van der Waals surface area contributed by atoms with Crippen molar-refractivity contribution >= 4 is 29.4 Å². The molecule has 1 fully saturated rings. The van der Waals surface area contributed by atoms with E-state index in [1.165, 1.54) is 17.8 Å². The fourth-order valence-corrected chi connectivity index (χ4v) is 5.10. The lowest BCUT2D eigenvalue weighted by atomic mass is 10.2. The van der Waals surface area contributed by atoms with Crippen LogP contribution in [0.25, 0.3) is 5.69 Å². The highest BCUT2D eigenvalue weighted by Crippen LogP contribution is 2.39. The van der Waals surface area contributed by atoms with E-state index in [0.29, 0.717) is 17.3 Å². The Kier molecular flexibility index (Phi) is 6.00. The molecule has 7 nitrogen and oxygen atoms in total. The number of methoxy groups -OCH3 is 1. The first-order valence-corrected chi connectivity index (χ1v) is 10.9. The van der Waals surface area contributed by atoms with Gasteiger partial charge in [0.1, 0.15) is 16.9 Å². The Bertz CT molecular complexity index is 998. The van der Waals surface area contributed by atoms with E-state index in [9.17, 15) is 9.18 Å². The van der Waals surface area contributed by atoms with Crippen molar-refractivity contribution in [1.29, 1.82) is 0 Å². The smallest absolute Gasteiger partial charge is 0.234 e. The summed E-state index contributed by atoms with van der Waals surface area (Å²) in [7, 11) is 1.60. The zero-order chi connectivity index (χ0) is 20.2. The normalized spacial score (nSPS) is 16.2. The Hall–Kier alpha value is -2.59. The molecular formula is C19H18FN5O2S2. The van der Waals surface area contributed by atoms with E-state index in [0.717, 1.165) is 17.2 Å². The molecule has 0 aliphatic carbocycles. The Morgan fingerprint density at radius 1 is 1.28 bits per heavy atom.